The Morgan fingerprint density at radius 1 is 0.619 bits per heavy atom. The maximum Gasteiger partial charge on any atom is 0.0707 e. The smallest absolute Gasteiger partial charge is 0.0707 e. The van der Waals surface area contributed by atoms with Gasteiger partial charge in [-0.1, -0.05) is 71.6 Å². The first kappa shape index (κ1) is 20.9. The monoisotopic (exact) mass is 300 g/mol. The number of ether oxygens (including phenoxy) is 2. The molecule has 0 saturated heterocycles. The highest BCUT2D eigenvalue weighted by Gasteiger charge is 2.16. The number of hydrogen-bond donors (Lipinski definition) is 0. The molecule has 0 fully saturated rings. The molecule has 0 heterocycles. The summed E-state index contributed by atoms with van der Waals surface area (Å²) in [4.78, 5) is 0. The van der Waals surface area contributed by atoms with Crippen LogP contribution < -0.4 is 0 Å². The molecule has 128 valence electrons. The molecule has 0 aromatic rings. The molecule has 0 unspecified atom stereocenters. The molecular weight excluding hydrogens is 260 g/mol. The molecule has 0 radical (unpaired) electrons. The normalized spacial score (nSPS) is 12.0. The molecule has 0 spiro atoms. The van der Waals surface area contributed by atoms with E-state index < -0.39 is 0 Å². The molecule has 21 heavy (non-hydrogen) atoms. The lowest BCUT2D eigenvalue weighted by atomic mass is 10.0. The summed E-state index contributed by atoms with van der Waals surface area (Å²) in [6, 6.07) is 0. The summed E-state index contributed by atoms with van der Waals surface area (Å²) in [5.41, 5.74) is 0.0118. The molecule has 0 aliphatic heterocycles. The van der Waals surface area contributed by atoms with Crippen LogP contribution in [0.5, 0.6) is 0 Å². The van der Waals surface area contributed by atoms with Gasteiger partial charge in [-0.25, -0.2) is 0 Å². The fourth-order valence-electron chi connectivity index (χ4n) is 2.49. The van der Waals surface area contributed by atoms with Crippen molar-refractivity contribution in [2.45, 2.75) is 104 Å². The van der Waals surface area contributed by atoms with E-state index in [0.29, 0.717) is 0 Å². The zero-order valence-corrected chi connectivity index (χ0v) is 15.2. The Balaban J connectivity index is 3.18. The molecule has 0 N–H and O–H groups in total. The molecule has 2 heteroatoms. The largest absolute Gasteiger partial charge is 0.379 e. The van der Waals surface area contributed by atoms with Gasteiger partial charge in [-0.2, -0.15) is 0 Å². The van der Waals surface area contributed by atoms with E-state index in [1.807, 2.05) is 0 Å². The first-order valence-corrected chi connectivity index (χ1v) is 9.34. The van der Waals surface area contributed by atoms with Crippen molar-refractivity contribution in [3.05, 3.63) is 0 Å². The minimum atomic E-state index is 0.0118. The fourth-order valence-corrected chi connectivity index (χ4v) is 2.49. The van der Waals surface area contributed by atoms with Gasteiger partial charge in [-0.05, 0) is 26.7 Å². The third kappa shape index (κ3) is 16.1. The lowest BCUT2D eigenvalue weighted by Gasteiger charge is -2.25. The zero-order valence-electron chi connectivity index (χ0n) is 15.2. The van der Waals surface area contributed by atoms with Crippen LogP contribution in [0.4, 0.5) is 0 Å². The van der Waals surface area contributed by atoms with Crippen LogP contribution in [0.15, 0.2) is 0 Å². The van der Waals surface area contributed by atoms with Crippen LogP contribution >= 0.6 is 0 Å². The van der Waals surface area contributed by atoms with Gasteiger partial charge in [0.25, 0.3) is 0 Å². The van der Waals surface area contributed by atoms with E-state index in [-0.39, 0.29) is 5.60 Å². The van der Waals surface area contributed by atoms with Gasteiger partial charge in [-0.15, -0.1) is 0 Å². The van der Waals surface area contributed by atoms with E-state index in [1.165, 1.54) is 64.2 Å². The summed E-state index contributed by atoms with van der Waals surface area (Å²) in [6.45, 7) is 11.2. The van der Waals surface area contributed by atoms with E-state index in [0.717, 1.165) is 26.2 Å². The number of unbranched alkanes of at least 4 members (excludes halogenated alkanes) is 8. The highest BCUT2D eigenvalue weighted by Crippen LogP contribution is 2.17. The minimum Gasteiger partial charge on any atom is -0.379 e. The summed E-state index contributed by atoms with van der Waals surface area (Å²) < 4.78 is 11.5. The number of rotatable bonds is 16. The van der Waals surface area contributed by atoms with Crippen LogP contribution in [0.2, 0.25) is 0 Å². The third-order valence-electron chi connectivity index (χ3n) is 4.00. The highest BCUT2D eigenvalue weighted by molar-refractivity contribution is 4.67. The summed E-state index contributed by atoms with van der Waals surface area (Å²) in [7, 11) is 0. The highest BCUT2D eigenvalue weighted by atomic mass is 16.5. The predicted octanol–water partition coefficient (Wildman–Crippen LogP) is 6.13. The Labute approximate surface area is 134 Å². The van der Waals surface area contributed by atoms with Crippen LogP contribution in [0.25, 0.3) is 0 Å². The molecule has 0 rings (SSSR count). The van der Waals surface area contributed by atoms with Crippen molar-refractivity contribution in [1.82, 2.24) is 0 Å². The van der Waals surface area contributed by atoms with Crippen molar-refractivity contribution in [1.29, 1.82) is 0 Å². The molecule has 0 aromatic heterocycles. The van der Waals surface area contributed by atoms with E-state index in [1.54, 1.807) is 0 Å². The molecule has 0 aliphatic carbocycles. The maximum atomic E-state index is 5.89. The second-order valence-corrected chi connectivity index (χ2v) is 6.80. The molecule has 0 saturated carbocycles. The van der Waals surface area contributed by atoms with E-state index in [4.69, 9.17) is 9.47 Å². The van der Waals surface area contributed by atoms with E-state index in [9.17, 15) is 0 Å². The molecule has 2 nitrogen and oxygen atoms in total. The topological polar surface area (TPSA) is 18.5 Å². The Hall–Kier alpha value is -0.0800. The minimum absolute atomic E-state index is 0.0118. The molecule has 0 amide bonds. The Kier molecular flexibility index (Phi) is 14.8. The third-order valence-corrected chi connectivity index (χ3v) is 4.00. The SMILES string of the molecule is CCCCCCCCCCOCCOC(C)(C)CCCC. The van der Waals surface area contributed by atoms with Crippen molar-refractivity contribution in [3.8, 4) is 0 Å². The van der Waals surface area contributed by atoms with Crippen LogP contribution in [-0.4, -0.2) is 25.4 Å². The van der Waals surface area contributed by atoms with Gasteiger partial charge in [0.15, 0.2) is 0 Å². The van der Waals surface area contributed by atoms with Gasteiger partial charge in [0, 0.05) is 6.61 Å². The van der Waals surface area contributed by atoms with Gasteiger partial charge in [-0.3, -0.25) is 0 Å². The first-order chi connectivity index (χ1) is 10.1. The molecule has 0 aromatic carbocycles. The number of hydrogen-bond acceptors (Lipinski definition) is 2. The second-order valence-electron chi connectivity index (χ2n) is 6.80. The van der Waals surface area contributed by atoms with E-state index in [2.05, 4.69) is 27.7 Å². The van der Waals surface area contributed by atoms with Gasteiger partial charge in [0.05, 0.1) is 18.8 Å². The van der Waals surface area contributed by atoms with Crippen molar-refractivity contribution in [2.75, 3.05) is 19.8 Å². The van der Waals surface area contributed by atoms with Crippen molar-refractivity contribution in [3.63, 3.8) is 0 Å². The molecule has 0 atom stereocenters. The summed E-state index contributed by atoms with van der Waals surface area (Å²) in [5.74, 6) is 0. The summed E-state index contributed by atoms with van der Waals surface area (Å²) in [6.07, 6.45) is 14.5. The van der Waals surface area contributed by atoms with Crippen molar-refractivity contribution < 1.29 is 9.47 Å². The second kappa shape index (κ2) is 14.8. The summed E-state index contributed by atoms with van der Waals surface area (Å²) in [5, 5.41) is 0. The Morgan fingerprint density at radius 3 is 1.81 bits per heavy atom. The average Bonchev–Trinajstić information content (AvgIpc) is 2.46. The van der Waals surface area contributed by atoms with Crippen LogP contribution in [0, 0.1) is 0 Å². The Bertz CT molecular complexity index is 202. The fraction of sp³-hybridized carbons (Fsp3) is 1.00. The Morgan fingerprint density at radius 2 is 1.19 bits per heavy atom. The van der Waals surface area contributed by atoms with Gasteiger partial charge >= 0.3 is 0 Å². The van der Waals surface area contributed by atoms with E-state index >= 15 is 0 Å². The molecule has 0 bridgehead atoms. The lowest BCUT2D eigenvalue weighted by molar-refractivity contribution is -0.0514. The van der Waals surface area contributed by atoms with Gasteiger partial charge < -0.3 is 9.47 Å². The van der Waals surface area contributed by atoms with Gasteiger partial charge in [0.2, 0.25) is 0 Å². The molecule has 0 aliphatic rings. The van der Waals surface area contributed by atoms with Crippen molar-refractivity contribution in [2.24, 2.45) is 0 Å². The van der Waals surface area contributed by atoms with Crippen molar-refractivity contribution >= 4 is 0 Å². The lowest BCUT2D eigenvalue weighted by Crippen LogP contribution is -2.26. The first-order valence-electron chi connectivity index (χ1n) is 9.34. The maximum absolute atomic E-state index is 5.89. The van der Waals surface area contributed by atoms with Crippen LogP contribution in [0.1, 0.15) is 98.3 Å². The zero-order chi connectivity index (χ0) is 15.8. The average molecular weight is 301 g/mol. The summed E-state index contributed by atoms with van der Waals surface area (Å²) >= 11 is 0. The van der Waals surface area contributed by atoms with Crippen LogP contribution in [-0.2, 0) is 9.47 Å². The quantitative estimate of drug-likeness (QED) is 0.319. The van der Waals surface area contributed by atoms with Gasteiger partial charge in [0.1, 0.15) is 0 Å². The standard InChI is InChI=1S/C19H40O2/c1-5-7-9-10-11-12-13-14-16-20-17-18-21-19(3,4)15-8-6-2/h5-18H2,1-4H3. The van der Waals surface area contributed by atoms with Crippen LogP contribution in [0.3, 0.4) is 0 Å². The predicted molar refractivity (Wildman–Crippen MR) is 93.0 cm³/mol. The molecular formula is C19H40O2.